The van der Waals surface area contributed by atoms with Crippen molar-refractivity contribution in [1.29, 1.82) is 0 Å². The van der Waals surface area contributed by atoms with E-state index in [9.17, 15) is 19.2 Å². The maximum Gasteiger partial charge on any atom is 0.278 e. The number of amides is 4. The summed E-state index contributed by atoms with van der Waals surface area (Å²) in [6.45, 7) is 10.8. The molecule has 20 nitrogen and oxygen atoms in total. The third-order valence-electron chi connectivity index (χ3n) is 10.3. The molecule has 0 spiro atoms. The highest BCUT2D eigenvalue weighted by atomic mass is 16.5. The number of ether oxygens (including phenoxy) is 2. The van der Waals surface area contributed by atoms with Crippen molar-refractivity contribution in [3.05, 3.63) is 81.9 Å². The van der Waals surface area contributed by atoms with E-state index in [-0.39, 0.29) is 47.5 Å². The molecule has 0 unspecified atom stereocenters. The van der Waals surface area contributed by atoms with Crippen LogP contribution in [0.15, 0.2) is 42.5 Å². The molecule has 6 aromatic rings. The molecule has 0 aliphatic carbocycles. The third kappa shape index (κ3) is 8.01. The van der Waals surface area contributed by atoms with E-state index in [2.05, 4.69) is 30.7 Å². The number of imidazole rings is 2. The lowest BCUT2D eigenvalue weighted by Gasteiger charge is -2.27. The maximum atomic E-state index is 13.8. The molecular weight excluding hydrogens is 773 g/mol. The first kappa shape index (κ1) is 41.1. The van der Waals surface area contributed by atoms with Crippen LogP contribution in [0.25, 0.3) is 22.1 Å². The predicted molar refractivity (Wildman–Crippen MR) is 224 cm³/mol. The number of carbonyl (C=O) groups is 4. The molecule has 314 valence electrons. The van der Waals surface area contributed by atoms with Crippen molar-refractivity contribution < 1.29 is 28.7 Å². The van der Waals surface area contributed by atoms with Crippen LogP contribution in [0, 0.1) is 13.8 Å². The molecule has 4 aromatic heterocycles. The van der Waals surface area contributed by atoms with E-state index >= 15 is 0 Å². The Kier molecular flexibility index (Phi) is 11.7. The molecule has 60 heavy (non-hydrogen) atoms. The number of methoxy groups -OCH3 is 1. The second-order valence-electron chi connectivity index (χ2n) is 14.3. The molecule has 1 fully saturated rings. The van der Waals surface area contributed by atoms with Crippen LogP contribution in [0.3, 0.4) is 0 Å². The van der Waals surface area contributed by atoms with Crippen LogP contribution in [0.5, 0.6) is 5.75 Å². The molecule has 0 radical (unpaired) electrons. The second kappa shape index (κ2) is 17.0. The number of primary amides is 2. The summed E-state index contributed by atoms with van der Waals surface area (Å²) in [5.41, 5.74) is 22.9. The Morgan fingerprint density at radius 2 is 1.45 bits per heavy atom. The average molecular weight is 821 g/mol. The van der Waals surface area contributed by atoms with Gasteiger partial charge in [-0.15, -0.1) is 0 Å². The normalized spacial score (nSPS) is 13.4. The molecule has 0 bridgehead atoms. The van der Waals surface area contributed by atoms with Crippen LogP contribution in [-0.2, 0) is 37.5 Å². The minimum atomic E-state index is -0.676. The fourth-order valence-electron chi connectivity index (χ4n) is 7.43. The minimum absolute atomic E-state index is 0.148. The van der Waals surface area contributed by atoms with Crippen molar-refractivity contribution in [1.82, 2.24) is 43.6 Å². The standard InChI is InChI=1S/C40H48N14O6/c1-6-53-29(15-22(3)48-53)37(57)46-39-44-27-17-24(35(42)55)16-26(20-50-11-10-14-60-21-50)32(27)51(39)12-8-9-13-52-33-28(18-25(36(43)56)19-30(33)59-5)45-40(52)47-38(58)34-31(41)23(4)49-54(34)7-2/h8-9,15-19H,6-7,10-14,20-21,41H2,1-5H3,(H2,42,55)(H2,43,56)(H,44,46,57)(H,45,47,58)/b9-8+. The van der Waals surface area contributed by atoms with Gasteiger partial charge in [0.25, 0.3) is 11.8 Å². The quantitative estimate of drug-likeness (QED) is 0.0936. The number of carbonyl (C=O) groups excluding carboxylic acids is 4. The fourth-order valence-corrected chi connectivity index (χ4v) is 7.43. The van der Waals surface area contributed by atoms with E-state index in [0.29, 0.717) is 77.9 Å². The number of fused-ring (bicyclic) bond motifs is 2. The molecule has 8 N–H and O–H groups in total. The summed E-state index contributed by atoms with van der Waals surface area (Å²) in [4.78, 5) is 64.0. The predicted octanol–water partition coefficient (Wildman–Crippen LogP) is 3.17. The lowest BCUT2D eigenvalue weighted by atomic mass is 10.1. The molecule has 20 heteroatoms. The van der Waals surface area contributed by atoms with E-state index in [0.717, 1.165) is 18.5 Å². The van der Waals surface area contributed by atoms with Gasteiger partial charge in [0.05, 0.1) is 47.5 Å². The first-order valence-corrected chi connectivity index (χ1v) is 19.5. The highest BCUT2D eigenvalue weighted by Gasteiger charge is 2.25. The van der Waals surface area contributed by atoms with Crippen molar-refractivity contribution in [2.45, 2.75) is 66.8 Å². The zero-order valence-corrected chi connectivity index (χ0v) is 34.1. The fraction of sp³-hybridized carbons (Fsp3) is 0.350. The maximum absolute atomic E-state index is 13.8. The molecule has 1 aliphatic rings. The molecule has 1 saturated heterocycles. The van der Waals surface area contributed by atoms with Crippen LogP contribution >= 0.6 is 0 Å². The smallest absolute Gasteiger partial charge is 0.278 e. The van der Waals surface area contributed by atoms with Gasteiger partial charge in [-0.1, -0.05) is 12.2 Å². The summed E-state index contributed by atoms with van der Waals surface area (Å²) in [6.07, 6.45) is 4.58. The summed E-state index contributed by atoms with van der Waals surface area (Å²) in [5.74, 6) is -1.54. The Morgan fingerprint density at radius 3 is 2.05 bits per heavy atom. The molecule has 0 saturated carbocycles. The van der Waals surface area contributed by atoms with E-state index in [1.54, 1.807) is 34.4 Å². The Labute approximate surface area is 344 Å². The van der Waals surface area contributed by atoms with Gasteiger partial charge < -0.3 is 35.8 Å². The lowest BCUT2D eigenvalue weighted by molar-refractivity contribution is -0.0175. The number of nitrogens with zero attached hydrogens (tertiary/aromatic N) is 9. The molecule has 4 amide bonds. The summed E-state index contributed by atoms with van der Waals surface area (Å²) in [5, 5.41) is 14.7. The van der Waals surface area contributed by atoms with E-state index in [4.69, 9.17) is 31.7 Å². The number of aryl methyl sites for hydroxylation is 4. The van der Waals surface area contributed by atoms with E-state index < -0.39 is 23.6 Å². The van der Waals surface area contributed by atoms with Crippen molar-refractivity contribution in [3.8, 4) is 5.75 Å². The van der Waals surface area contributed by atoms with Crippen LogP contribution in [0.2, 0.25) is 0 Å². The molecule has 2 aromatic carbocycles. The highest BCUT2D eigenvalue weighted by Crippen LogP contribution is 2.32. The number of anilines is 3. The topological polar surface area (TPSA) is 263 Å². The van der Waals surface area contributed by atoms with Crippen molar-refractivity contribution in [2.75, 3.05) is 43.4 Å². The SMILES string of the molecule is CCn1nc(C)cc1C(=O)Nc1nc2cc(C(N)=O)cc(CN3CCCOC3)c2n1C/C=C/Cn1c(NC(=O)c2c(N)c(C)nn2CC)nc2cc(C(N)=O)cc(OC)c21. The number of nitrogens with two attached hydrogens (primary N) is 3. The summed E-state index contributed by atoms with van der Waals surface area (Å²) >= 11 is 0. The van der Waals surface area contributed by atoms with Gasteiger partial charge in [-0.2, -0.15) is 10.2 Å². The molecule has 1 aliphatic heterocycles. The van der Waals surface area contributed by atoms with Gasteiger partial charge in [-0.3, -0.25) is 44.1 Å². The van der Waals surface area contributed by atoms with Gasteiger partial charge in [0.15, 0.2) is 0 Å². The molecule has 0 atom stereocenters. The van der Waals surface area contributed by atoms with E-state index in [1.165, 1.54) is 23.9 Å². The van der Waals surface area contributed by atoms with Gasteiger partial charge in [-0.25, -0.2) is 9.97 Å². The van der Waals surface area contributed by atoms with Crippen LogP contribution in [0.1, 0.15) is 78.9 Å². The monoisotopic (exact) mass is 820 g/mol. The van der Waals surface area contributed by atoms with Crippen LogP contribution in [0.4, 0.5) is 17.6 Å². The summed E-state index contributed by atoms with van der Waals surface area (Å²) in [6, 6.07) is 8.11. The van der Waals surface area contributed by atoms with Crippen LogP contribution in [-0.4, -0.2) is 94.2 Å². The first-order valence-electron chi connectivity index (χ1n) is 19.5. The van der Waals surface area contributed by atoms with Crippen molar-refractivity contribution in [2.24, 2.45) is 11.5 Å². The van der Waals surface area contributed by atoms with Gasteiger partial charge >= 0.3 is 0 Å². The summed E-state index contributed by atoms with van der Waals surface area (Å²) < 4.78 is 18.1. The highest BCUT2D eigenvalue weighted by molar-refractivity contribution is 6.07. The number of hydrogen-bond donors (Lipinski definition) is 5. The number of nitrogen functional groups attached to an aromatic ring is 1. The lowest BCUT2D eigenvalue weighted by Crippen LogP contribution is -2.32. The first-order chi connectivity index (χ1) is 28.8. The Bertz CT molecular complexity index is 2680. The number of nitrogens with one attached hydrogen (secondary N) is 2. The number of hydrogen-bond acceptors (Lipinski definition) is 12. The third-order valence-corrected chi connectivity index (χ3v) is 10.3. The Hall–Kier alpha value is -7.06. The number of aromatic nitrogens is 8. The molecule has 7 rings (SSSR count). The Balaban J connectivity index is 1.29. The van der Waals surface area contributed by atoms with Crippen molar-refractivity contribution in [3.63, 3.8) is 0 Å². The molecule has 5 heterocycles. The average Bonchev–Trinajstić information content (AvgIpc) is 3.97. The van der Waals surface area contributed by atoms with Gasteiger partial charge in [0.1, 0.15) is 22.7 Å². The zero-order valence-electron chi connectivity index (χ0n) is 34.1. The van der Waals surface area contributed by atoms with Crippen molar-refractivity contribution >= 4 is 63.3 Å². The summed E-state index contributed by atoms with van der Waals surface area (Å²) in [7, 11) is 1.46. The van der Waals surface area contributed by atoms with E-state index in [1.807, 2.05) is 37.5 Å². The Morgan fingerprint density at radius 1 is 0.833 bits per heavy atom. The van der Waals surface area contributed by atoms with Crippen LogP contribution < -0.4 is 32.6 Å². The molecular formula is C40H48N14O6. The zero-order chi connectivity index (χ0) is 42.8. The number of allylic oxidation sites excluding steroid dienone is 2. The van der Waals surface area contributed by atoms with Gasteiger partial charge in [0, 0.05) is 57.0 Å². The van der Waals surface area contributed by atoms with Gasteiger partial charge in [0.2, 0.25) is 23.7 Å². The second-order valence-corrected chi connectivity index (χ2v) is 14.3. The van der Waals surface area contributed by atoms with Gasteiger partial charge in [-0.05, 0) is 70.0 Å². The largest absolute Gasteiger partial charge is 0.494 e. The number of rotatable bonds is 15. The minimum Gasteiger partial charge on any atom is -0.494 e. The number of benzene rings is 2.